The summed E-state index contributed by atoms with van der Waals surface area (Å²) >= 11 is 0. The molecule has 0 saturated heterocycles. The zero-order valence-electron chi connectivity index (χ0n) is 10.0. The predicted molar refractivity (Wildman–Crippen MR) is 60.7 cm³/mol. The van der Waals surface area contributed by atoms with E-state index in [0.717, 1.165) is 12.8 Å². The van der Waals surface area contributed by atoms with E-state index in [0.29, 0.717) is 19.8 Å². The van der Waals surface area contributed by atoms with E-state index in [4.69, 9.17) is 9.47 Å². The number of carbonyl (C=O) groups excluding carboxylic acids is 1. The van der Waals surface area contributed by atoms with Crippen molar-refractivity contribution < 1.29 is 14.3 Å². The van der Waals surface area contributed by atoms with Gasteiger partial charge in [-0.2, -0.15) is 0 Å². The van der Waals surface area contributed by atoms with Crippen LogP contribution in [0.25, 0.3) is 0 Å². The van der Waals surface area contributed by atoms with Gasteiger partial charge in [-0.05, 0) is 33.6 Å². The van der Waals surface area contributed by atoms with Gasteiger partial charge in [0, 0.05) is 13.2 Å². The molecule has 1 unspecified atom stereocenters. The van der Waals surface area contributed by atoms with E-state index in [-0.39, 0.29) is 5.97 Å². The first-order valence-corrected chi connectivity index (χ1v) is 5.49. The van der Waals surface area contributed by atoms with Gasteiger partial charge in [0.05, 0.1) is 12.0 Å². The molecule has 0 aromatic heterocycles. The standard InChI is InChI=1S/C12H22O3/c1-5-12(4,11(13)15-7-3)9-8-10-14-6-2/h5H,1,6-10H2,2-4H3. The van der Waals surface area contributed by atoms with E-state index in [1.807, 2.05) is 20.8 Å². The molecule has 0 fully saturated rings. The second-order valence-corrected chi connectivity index (χ2v) is 3.64. The molecule has 1 atom stereocenters. The Balaban J connectivity index is 4.06. The minimum Gasteiger partial charge on any atom is -0.465 e. The van der Waals surface area contributed by atoms with Gasteiger partial charge in [-0.3, -0.25) is 4.79 Å². The Labute approximate surface area is 92.5 Å². The second-order valence-electron chi connectivity index (χ2n) is 3.64. The highest BCUT2D eigenvalue weighted by Crippen LogP contribution is 2.26. The Morgan fingerprint density at radius 1 is 1.40 bits per heavy atom. The maximum atomic E-state index is 11.6. The molecule has 88 valence electrons. The highest BCUT2D eigenvalue weighted by atomic mass is 16.5. The van der Waals surface area contributed by atoms with Crippen molar-refractivity contribution in [2.24, 2.45) is 5.41 Å². The third-order valence-corrected chi connectivity index (χ3v) is 2.38. The molecule has 0 aliphatic rings. The van der Waals surface area contributed by atoms with Crippen molar-refractivity contribution in [1.29, 1.82) is 0 Å². The van der Waals surface area contributed by atoms with E-state index in [1.165, 1.54) is 0 Å². The highest BCUT2D eigenvalue weighted by molar-refractivity contribution is 5.78. The maximum absolute atomic E-state index is 11.6. The first-order chi connectivity index (χ1) is 7.10. The van der Waals surface area contributed by atoms with Crippen LogP contribution in [0.1, 0.15) is 33.6 Å². The molecule has 0 aliphatic heterocycles. The van der Waals surface area contributed by atoms with Crippen LogP contribution in [-0.4, -0.2) is 25.8 Å². The summed E-state index contributed by atoms with van der Waals surface area (Å²) < 4.78 is 10.2. The molecular formula is C12H22O3. The molecule has 15 heavy (non-hydrogen) atoms. The fraction of sp³-hybridized carbons (Fsp3) is 0.750. The van der Waals surface area contributed by atoms with Crippen LogP contribution in [0.4, 0.5) is 0 Å². The van der Waals surface area contributed by atoms with Gasteiger partial charge >= 0.3 is 5.97 Å². The average molecular weight is 214 g/mol. The topological polar surface area (TPSA) is 35.5 Å². The van der Waals surface area contributed by atoms with Gasteiger partial charge in [-0.25, -0.2) is 0 Å². The summed E-state index contributed by atoms with van der Waals surface area (Å²) in [5.74, 6) is -0.198. The monoisotopic (exact) mass is 214 g/mol. The number of carbonyl (C=O) groups is 1. The van der Waals surface area contributed by atoms with E-state index in [2.05, 4.69) is 6.58 Å². The number of hydrogen-bond acceptors (Lipinski definition) is 3. The molecular weight excluding hydrogens is 192 g/mol. The van der Waals surface area contributed by atoms with Crippen LogP contribution in [0.15, 0.2) is 12.7 Å². The normalized spacial score (nSPS) is 14.3. The summed E-state index contributed by atoms with van der Waals surface area (Å²) in [6.45, 7) is 11.1. The van der Waals surface area contributed by atoms with Crippen molar-refractivity contribution in [3.8, 4) is 0 Å². The summed E-state index contributed by atoms with van der Waals surface area (Å²) in [5, 5.41) is 0. The van der Waals surface area contributed by atoms with Crippen LogP contribution in [0, 0.1) is 5.41 Å². The van der Waals surface area contributed by atoms with Crippen LogP contribution in [0.2, 0.25) is 0 Å². The van der Waals surface area contributed by atoms with Crippen molar-refractivity contribution in [3.05, 3.63) is 12.7 Å². The van der Waals surface area contributed by atoms with Crippen LogP contribution in [0.3, 0.4) is 0 Å². The van der Waals surface area contributed by atoms with Crippen LogP contribution in [0.5, 0.6) is 0 Å². The molecule has 0 spiro atoms. The van der Waals surface area contributed by atoms with Gasteiger partial charge in [-0.15, -0.1) is 6.58 Å². The zero-order valence-corrected chi connectivity index (χ0v) is 10.0. The van der Waals surface area contributed by atoms with Gasteiger partial charge in [-0.1, -0.05) is 6.08 Å². The number of ether oxygens (including phenoxy) is 2. The van der Waals surface area contributed by atoms with Gasteiger partial charge in [0.25, 0.3) is 0 Å². The lowest BCUT2D eigenvalue weighted by Crippen LogP contribution is -2.28. The second kappa shape index (κ2) is 7.46. The Morgan fingerprint density at radius 2 is 2.07 bits per heavy atom. The summed E-state index contributed by atoms with van der Waals surface area (Å²) in [5.41, 5.74) is -0.576. The molecule has 0 radical (unpaired) electrons. The molecule has 0 bridgehead atoms. The van der Waals surface area contributed by atoms with Crippen molar-refractivity contribution in [2.75, 3.05) is 19.8 Å². The fourth-order valence-corrected chi connectivity index (χ4v) is 1.27. The van der Waals surface area contributed by atoms with E-state index >= 15 is 0 Å². The van der Waals surface area contributed by atoms with E-state index in [1.54, 1.807) is 6.08 Å². The molecule has 0 rings (SSSR count). The Hall–Kier alpha value is -0.830. The molecule has 0 aromatic carbocycles. The number of rotatable bonds is 8. The minimum absolute atomic E-state index is 0.198. The van der Waals surface area contributed by atoms with Crippen LogP contribution >= 0.6 is 0 Å². The first-order valence-electron chi connectivity index (χ1n) is 5.49. The lowest BCUT2D eigenvalue weighted by Gasteiger charge is -2.22. The molecule has 0 N–H and O–H groups in total. The highest BCUT2D eigenvalue weighted by Gasteiger charge is 2.30. The van der Waals surface area contributed by atoms with Gasteiger partial charge in [0.15, 0.2) is 0 Å². The SMILES string of the molecule is C=CC(C)(CCCOCC)C(=O)OCC. The zero-order chi connectivity index (χ0) is 11.7. The third-order valence-electron chi connectivity index (χ3n) is 2.38. The molecule has 0 saturated carbocycles. The minimum atomic E-state index is -0.576. The molecule has 0 aromatic rings. The number of hydrogen-bond donors (Lipinski definition) is 0. The summed E-state index contributed by atoms with van der Waals surface area (Å²) in [4.78, 5) is 11.6. The Morgan fingerprint density at radius 3 is 2.53 bits per heavy atom. The van der Waals surface area contributed by atoms with Gasteiger partial charge in [0.1, 0.15) is 0 Å². The van der Waals surface area contributed by atoms with E-state index in [9.17, 15) is 4.79 Å². The van der Waals surface area contributed by atoms with Crippen molar-refractivity contribution in [2.45, 2.75) is 33.6 Å². The molecule has 3 heteroatoms. The van der Waals surface area contributed by atoms with Crippen molar-refractivity contribution >= 4 is 5.97 Å². The maximum Gasteiger partial charge on any atom is 0.315 e. The van der Waals surface area contributed by atoms with Crippen molar-refractivity contribution in [3.63, 3.8) is 0 Å². The van der Waals surface area contributed by atoms with Crippen molar-refractivity contribution in [1.82, 2.24) is 0 Å². The predicted octanol–water partition coefficient (Wildman–Crippen LogP) is 2.56. The largest absolute Gasteiger partial charge is 0.465 e. The van der Waals surface area contributed by atoms with Gasteiger partial charge < -0.3 is 9.47 Å². The number of esters is 1. The molecule has 0 heterocycles. The van der Waals surface area contributed by atoms with E-state index < -0.39 is 5.41 Å². The Kier molecular flexibility index (Phi) is 7.05. The Bertz CT molecular complexity index is 201. The quantitative estimate of drug-likeness (QED) is 0.354. The van der Waals surface area contributed by atoms with Crippen LogP contribution in [-0.2, 0) is 14.3 Å². The average Bonchev–Trinajstić information content (AvgIpc) is 2.24. The lowest BCUT2D eigenvalue weighted by molar-refractivity contribution is -0.152. The third kappa shape index (κ3) is 4.98. The van der Waals surface area contributed by atoms with Crippen LogP contribution < -0.4 is 0 Å². The van der Waals surface area contributed by atoms with Gasteiger partial charge in [0.2, 0.25) is 0 Å². The molecule has 3 nitrogen and oxygen atoms in total. The molecule has 0 aliphatic carbocycles. The fourth-order valence-electron chi connectivity index (χ4n) is 1.27. The summed E-state index contributed by atoms with van der Waals surface area (Å²) in [6, 6.07) is 0. The first kappa shape index (κ1) is 14.2. The molecule has 0 amide bonds. The smallest absolute Gasteiger partial charge is 0.315 e. The summed E-state index contributed by atoms with van der Waals surface area (Å²) in [7, 11) is 0. The lowest BCUT2D eigenvalue weighted by atomic mass is 9.86. The summed E-state index contributed by atoms with van der Waals surface area (Å²) in [6.07, 6.45) is 3.22.